The lowest BCUT2D eigenvalue weighted by atomic mass is 10.1. The number of carbonyl (C=O) groups excluding carboxylic acids is 2. The molecule has 0 spiro atoms. The van der Waals surface area contributed by atoms with Gasteiger partial charge in [0.25, 0.3) is 0 Å². The van der Waals surface area contributed by atoms with E-state index in [0.717, 1.165) is 18.5 Å². The minimum absolute atomic E-state index is 0.227. The zero-order chi connectivity index (χ0) is 11.7. The van der Waals surface area contributed by atoms with Crippen LogP contribution in [0.25, 0.3) is 0 Å². The second-order valence-corrected chi connectivity index (χ2v) is 4.41. The maximum atomic E-state index is 11.5. The summed E-state index contributed by atoms with van der Waals surface area (Å²) in [5.41, 5.74) is 5.66. The van der Waals surface area contributed by atoms with E-state index >= 15 is 0 Å². The van der Waals surface area contributed by atoms with Gasteiger partial charge in [0.2, 0.25) is 5.91 Å². The van der Waals surface area contributed by atoms with Gasteiger partial charge in [-0.2, -0.15) is 11.8 Å². The molecule has 4 nitrogen and oxygen atoms in total. The highest BCUT2D eigenvalue weighted by atomic mass is 32.2. The Hall–Kier alpha value is -0.550. The minimum Gasteiger partial charge on any atom is -0.345 e. The maximum Gasteiger partial charge on any atom is 0.237 e. The lowest BCUT2D eigenvalue weighted by Gasteiger charge is -2.15. The Bertz CT molecular complexity index is 200. The Morgan fingerprint density at radius 2 is 2.20 bits per heavy atom. The van der Waals surface area contributed by atoms with Crippen LogP contribution in [0.5, 0.6) is 0 Å². The summed E-state index contributed by atoms with van der Waals surface area (Å²) in [5.74, 6) is 0.628. The van der Waals surface area contributed by atoms with Crippen LogP contribution in [0.3, 0.4) is 0 Å². The van der Waals surface area contributed by atoms with Gasteiger partial charge in [0.15, 0.2) is 0 Å². The van der Waals surface area contributed by atoms with Crippen molar-refractivity contribution in [2.45, 2.75) is 38.3 Å². The number of carbonyl (C=O) groups is 2. The first-order chi connectivity index (χ1) is 7.15. The van der Waals surface area contributed by atoms with Crippen LogP contribution in [-0.2, 0) is 9.59 Å². The second-order valence-electron chi connectivity index (χ2n) is 3.43. The van der Waals surface area contributed by atoms with Gasteiger partial charge in [-0.15, -0.1) is 0 Å². The van der Waals surface area contributed by atoms with Crippen molar-refractivity contribution in [2.24, 2.45) is 5.73 Å². The molecule has 2 atom stereocenters. The third-order valence-corrected chi connectivity index (χ3v) is 2.71. The van der Waals surface area contributed by atoms with E-state index in [1.807, 2.05) is 13.2 Å². The first kappa shape index (κ1) is 14.5. The molecule has 88 valence electrons. The first-order valence-corrected chi connectivity index (χ1v) is 6.55. The molecule has 15 heavy (non-hydrogen) atoms. The molecule has 0 saturated carbocycles. The highest BCUT2D eigenvalue weighted by Gasteiger charge is 2.16. The Labute approximate surface area is 95.4 Å². The second kappa shape index (κ2) is 8.73. The number of nitrogens with two attached hydrogens (primary N) is 1. The molecule has 0 rings (SSSR count). The van der Waals surface area contributed by atoms with Crippen molar-refractivity contribution in [1.29, 1.82) is 0 Å². The van der Waals surface area contributed by atoms with Crippen LogP contribution in [0.1, 0.15) is 26.2 Å². The zero-order valence-electron chi connectivity index (χ0n) is 9.36. The molecular formula is C10H20N2O2S. The van der Waals surface area contributed by atoms with Gasteiger partial charge in [-0.25, -0.2) is 0 Å². The van der Waals surface area contributed by atoms with E-state index in [2.05, 4.69) is 5.32 Å². The normalized spacial score (nSPS) is 14.3. The van der Waals surface area contributed by atoms with Crippen molar-refractivity contribution in [2.75, 3.05) is 12.0 Å². The third-order valence-electron chi connectivity index (χ3n) is 2.06. The van der Waals surface area contributed by atoms with Crippen molar-refractivity contribution in [1.82, 2.24) is 5.32 Å². The topological polar surface area (TPSA) is 72.2 Å². The summed E-state index contributed by atoms with van der Waals surface area (Å²) in [6.07, 6.45) is 4.91. The van der Waals surface area contributed by atoms with Gasteiger partial charge in [0, 0.05) is 0 Å². The number of rotatable bonds is 8. The molecule has 0 aromatic carbocycles. The predicted octanol–water partition coefficient (Wildman–Crippen LogP) is 0.551. The van der Waals surface area contributed by atoms with Gasteiger partial charge in [-0.1, -0.05) is 13.3 Å². The smallest absolute Gasteiger partial charge is 0.237 e. The summed E-state index contributed by atoms with van der Waals surface area (Å²) >= 11 is 1.65. The largest absolute Gasteiger partial charge is 0.345 e. The number of amides is 1. The van der Waals surface area contributed by atoms with Crippen LogP contribution in [0.4, 0.5) is 0 Å². The Morgan fingerprint density at radius 3 is 2.67 bits per heavy atom. The summed E-state index contributed by atoms with van der Waals surface area (Å²) in [6.45, 7) is 1.97. The number of aldehydes is 1. The van der Waals surface area contributed by atoms with Gasteiger partial charge in [-0.3, -0.25) is 4.79 Å². The van der Waals surface area contributed by atoms with E-state index in [1.165, 1.54) is 0 Å². The van der Waals surface area contributed by atoms with Gasteiger partial charge in [0.05, 0.1) is 12.1 Å². The molecule has 0 aromatic rings. The monoisotopic (exact) mass is 232 g/mol. The predicted molar refractivity (Wildman–Crippen MR) is 63.9 cm³/mol. The average Bonchev–Trinajstić information content (AvgIpc) is 2.24. The molecule has 1 amide bonds. The van der Waals surface area contributed by atoms with Crippen LogP contribution >= 0.6 is 11.8 Å². The van der Waals surface area contributed by atoms with Crippen molar-refractivity contribution in [3.05, 3.63) is 0 Å². The van der Waals surface area contributed by atoms with Crippen LogP contribution in [-0.4, -0.2) is 36.3 Å². The number of hydrogen-bond donors (Lipinski definition) is 2. The molecule has 0 aromatic heterocycles. The number of thioether (sulfide) groups is 1. The standard InChI is InChI=1S/C10H20N2O2S/c1-3-4-8(7-13)12-10(14)9(11)5-6-15-2/h7-9H,3-6,11H2,1-2H3,(H,12,14). The van der Waals surface area contributed by atoms with E-state index in [1.54, 1.807) is 11.8 Å². The van der Waals surface area contributed by atoms with Crippen molar-refractivity contribution in [3.63, 3.8) is 0 Å². The van der Waals surface area contributed by atoms with Gasteiger partial charge in [-0.05, 0) is 24.9 Å². The van der Waals surface area contributed by atoms with Gasteiger partial charge >= 0.3 is 0 Å². The maximum absolute atomic E-state index is 11.5. The van der Waals surface area contributed by atoms with Crippen LogP contribution in [0, 0.1) is 0 Å². The molecule has 0 radical (unpaired) electrons. The lowest BCUT2D eigenvalue weighted by Crippen LogP contribution is -2.46. The highest BCUT2D eigenvalue weighted by molar-refractivity contribution is 7.98. The molecule has 3 N–H and O–H groups in total. The summed E-state index contributed by atoms with van der Waals surface area (Å²) in [4.78, 5) is 22.1. The van der Waals surface area contributed by atoms with E-state index in [0.29, 0.717) is 12.8 Å². The molecule has 0 aliphatic rings. The highest BCUT2D eigenvalue weighted by Crippen LogP contribution is 2.00. The molecule has 0 saturated heterocycles. The summed E-state index contributed by atoms with van der Waals surface area (Å²) in [6, 6.07) is -0.889. The number of nitrogens with one attached hydrogen (secondary N) is 1. The lowest BCUT2D eigenvalue weighted by molar-refractivity contribution is -0.125. The average molecular weight is 232 g/mol. The third kappa shape index (κ3) is 6.52. The van der Waals surface area contributed by atoms with Crippen LogP contribution < -0.4 is 11.1 Å². The molecule has 0 heterocycles. The molecule has 0 aliphatic heterocycles. The fourth-order valence-electron chi connectivity index (χ4n) is 1.15. The van der Waals surface area contributed by atoms with E-state index in [9.17, 15) is 9.59 Å². The van der Waals surface area contributed by atoms with Crippen LogP contribution in [0.15, 0.2) is 0 Å². The quantitative estimate of drug-likeness (QED) is 0.600. The molecule has 0 fully saturated rings. The molecular weight excluding hydrogens is 212 g/mol. The van der Waals surface area contributed by atoms with Crippen LogP contribution in [0.2, 0.25) is 0 Å². The summed E-state index contributed by atoms with van der Waals surface area (Å²) in [5, 5.41) is 2.64. The molecule has 0 aliphatic carbocycles. The fourth-order valence-corrected chi connectivity index (χ4v) is 1.64. The molecule has 2 unspecified atom stereocenters. The Balaban J connectivity index is 3.92. The molecule has 0 bridgehead atoms. The van der Waals surface area contributed by atoms with Crippen molar-refractivity contribution < 1.29 is 9.59 Å². The SMILES string of the molecule is CCCC(C=O)NC(=O)C(N)CCSC. The fraction of sp³-hybridized carbons (Fsp3) is 0.800. The number of hydrogen-bond acceptors (Lipinski definition) is 4. The van der Waals surface area contributed by atoms with Gasteiger partial charge in [0.1, 0.15) is 6.29 Å². The van der Waals surface area contributed by atoms with E-state index in [4.69, 9.17) is 5.73 Å². The van der Waals surface area contributed by atoms with Crippen molar-refractivity contribution in [3.8, 4) is 0 Å². The Morgan fingerprint density at radius 1 is 1.53 bits per heavy atom. The first-order valence-electron chi connectivity index (χ1n) is 5.15. The van der Waals surface area contributed by atoms with Gasteiger partial charge < -0.3 is 15.8 Å². The van der Waals surface area contributed by atoms with E-state index < -0.39 is 6.04 Å². The van der Waals surface area contributed by atoms with E-state index in [-0.39, 0.29) is 11.9 Å². The Kier molecular flexibility index (Phi) is 8.41. The van der Waals surface area contributed by atoms with Crippen molar-refractivity contribution >= 4 is 24.0 Å². The molecule has 5 heteroatoms. The summed E-state index contributed by atoms with van der Waals surface area (Å²) in [7, 11) is 0. The minimum atomic E-state index is -0.503. The summed E-state index contributed by atoms with van der Waals surface area (Å²) < 4.78 is 0. The zero-order valence-corrected chi connectivity index (χ0v) is 10.2.